The number of aryl methyl sites for hydroxylation is 2. The molecule has 0 aromatic heterocycles. The number of rotatable bonds is 6. The van der Waals surface area contributed by atoms with E-state index in [2.05, 4.69) is 61.6 Å². The summed E-state index contributed by atoms with van der Waals surface area (Å²) in [5.41, 5.74) is 5.22. The van der Waals surface area contributed by atoms with E-state index in [-0.39, 0.29) is 0 Å². The molecule has 21 heavy (non-hydrogen) atoms. The van der Waals surface area contributed by atoms with Crippen molar-refractivity contribution in [3.63, 3.8) is 0 Å². The Hall–Kier alpha value is -1.80. The first-order chi connectivity index (χ1) is 10.2. The van der Waals surface area contributed by atoms with Crippen molar-refractivity contribution >= 4 is 0 Å². The molecule has 0 saturated heterocycles. The smallest absolute Gasteiger partial charge is 0.121 e. The maximum Gasteiger partial charge on any atom is 0.121 e. The Morgan fingerprint density at radius 3 is 2.24 bits per heavy atom. The van der Waals surface area contributed by atoms with E-state index in [0.29, 0.717) is 5.92 Å². The Morgan fingerprint density at radius 1 is 1.00 bits per heavy atom. The molecule has 0 saturated carbocycles. The van der Waals surface area contributed by atoms with E-state index in [1.54, 1.807) is 7.11 Å². The lowest BCUT2D eigenvalue weighted by Gasteiger charge is -2.19. The number of hydrogen-bond donors (Lipinski definition) is 1. The highest BCUT2D eigenvalue weighted by atomic mass is 16.5. The van der Waals surface area contributed by atoms with E-state index < -0.39 is 0 Å². The molecular formula is C19H25NO. The van der Waals surface area contributed by atoms with E-state index in [9.17, 15) is 0 Å². The highest BCUT2D eigenvalue weighted by molar-refractivity contribution is 5.41. The molecule has 0 heterocycles. The van der Waals surface area contributed by atoms with Crippen LogP contribution in [0.25, 0.3) is 0 Å². The first kappa shape index (κ1) is 15.6. The van der Waals surface area contributed by atoms with Gasteiger partial charge in [-0.25, -0.2) is 0 Å². The Balaban J connectivity index is 2.35. The average molecular weight is 283 g/mol. The first-order valence-corrected chi connectivity index (χ1v) is 7.51. The molecule has 2 aromatic rings. The van der Waals surface area contributed by atoms with Gasteiger partial charge in [-0.15, -0.1) is 0 Å². The highest BCUT2D eigenvalue weighted by Crippen LogP contribution is 2.31. The number of hydrogen-bond acceptors (Lipinski definition) is 2. The normalized spacial score (nSPS) is 12.2. The number of nitrogens with one attached hydrogen (secondary N) is 1. The quantitative estimate of drug-likeness (QED) is 0.863. The van der Waals surface area contributed by atoms with Gasteiger partial charge in [0.05, 0.1) is 7.11 Å². The van der Waals surface area contributed by atoms with Crippen molar-refractivity contribution < 1.29 is 4.74 Å². The minimum atomic E-state index is 0.419. The fourth-order valence-corrected chi connectivity index (χ4v) is 2.73. The van der Waals surface area contributed by atoms with Gasteiger partial charge in [-0.3, -0.25) is 0 Å². The van der Waals surface area contributed by atoms with Gasteiger partial charge in [0.2, 0.25) is 0 Å². The van der Waals surface area contributed by atoms with Gasteiger partial charge in [0.15, 0.2) is 0 Å². The van der Waals surface area contributed by atoms with Crippen molar-refractivity contribution in [3.8, 4) is 5.75 Å². The summed E-state index contributed by atoms with van der Waals surface area (Å²) in [6.45, 7) is 5.24. The Bertz CT molecular complexity index is 575. The van der Waals surface area contributed by atoms with Crippen molar-refractivity contribution in [3.05, 3.63) is 64.7 Å². The minimum absolute atomic E-state index is 0.419. The third-order valence-corrected chi connectivity index (χ3v) is 3.98. The zero-order valence-electron chi connectivity index (χ0n) is 13.4. The molecular weight excluding hydrogens is 258 g/mol. The molecule has 0 radical (unpaired) electrons. The van der Waals surface area contributed by atoms with Crippen LogP contribution in [0.2, 0.25) is 0 Å². The molecule has 0 fully saturated rings. The molecule has 0 spiro atoms. The van der Waals surface area contributed by atoms with Crippen LogP contribution in [0.5, 0.6) is 5.75 Å². The fraction of sp³-hybridized carbons (Fsp3) is 0.368. The molecule has 2 aromatic carbocycles. The third-order valence-electron chi connectivity index (χ3n) is 3.98. The lowest BCUT2D eigenvalue weighted by Crippen LogP contribution is -2.13. The standard InChI is InChI=1S/C19H25NO/c1-14-5-7-16(8-6-14)18(11-12-20-3)17-9-10-19(21-4)15(2)13-17/h5-10,13,18,20H,11-12H2,1-4H3. The second kappa shape index (κ2) is 7.28. The Labute approximate surface area is 128 Å². The second-order valence-corrected chi connectivity index (χ2v) is 5.58. The van der Waals surface area contributed by atoms with Crippen LogP contribution in [0, 0.1) is 13.8 Å². The molecule has 0 aliphatic rings. The van der Waals surface area contributed by atoms with Crippen molar-refractivity contribution in [2.75, 3.05) is 20.7 Å². The molecule has 2 rings (SSSR count). The summed E-state index contributed by atoms with van der Waals surface area (Å²) < 4.78 is 5.37. The molecule has 2 nitrogen and oxygen atoms in total. The van der Waals surface area contributed by atoms with E-state index in [1.165, 1.54) is 22.3 Å². The number of benzene rings is 2. The molecule has 2 heteroatoms. The summed E-state index contributed by atoms with van der Waals surface area (Å²) in [5, 5.41) is 3.26. The molecule has 0 aliphatic carbocycles. The molecule has 1 N–H and O–H groups in total. The van der Waals surface area contributed by atoms with Gasteiger partial charge in [-0.05, 0) is 56.6 Å². The van der Waals surface area contributed by atoms with Crippen molar-refractivity contribution in [2.24, 2.45) is 0 Å². The molecule has 0 aliphatic heterocycles. The number of methoxy groups -OCH3 is 1. The van der Waals surface area contributed by atoms with Crippen LogP contribution in [0.1, 0.15) is 34.6 Å². The predicted molar refractivity (Wildman–Crippen MR) is 89.3 cm³/mol. The molecule has 112 valence electrons. The topological polar surface area (TPSA) is 21.3 Å². The SMILES string of the molecule is CNCCC(c1ccc(C)cc1)c1ccc(OC)c(C)c1. The van der Waals surface area contributed by atoms with E-state index in [0.717, 1.165) is 18.7 Å². The van der Waals surface area contributed by atoms with Crippen molar-refractivity contribution in [1.29, 1.82) is 0 Å². The van der Waals surface area contributed by atoms with E-state index >= 15 is 0 Å². The van der Waals surface area contributed by atoms with Crippen LogP contribution in [0.4, 0.5) is 0 Å². The zero-order valence-corrected chi connectivity index (χ0v) is 13.4. The van der Waals surface area contributed by atoms with Gasteiger partial charge < -0.3 is 10.1 Å². The summed E-state index contributed by atoms with van der Waals surface area (Å²) in [7, 11) is 3.73. The summed E-state index contributed by atoms with van der Waals surface area (Å²) in [6, 6.07) is 15.4. The van der Waals surface area contributed by atoms with Gasteiger partial charge in [-0.2, -0.15) is 0 Å². The summed E-state index contributed by atoms with van der Waals surface area (Å²) in [5.74, 6) is 1.37. The molecule has 1 unspecified atom stereocenters. The van der Waals surface area contributed by atoms with Gasteiger partial charge in [-0.1, -0.05) is 42.0 Å². The third kappa shape index (κ3) is 3.85. The highest BCUT2D eigenvalue weighted by Gasteiger charge is 2.15. The first-order valence-electron chi connectivity index (χ1n) is 7.51. The monoisotopic (exact) mass is 283 g/mol. The molecule has 0 amide bonds. The minimum Gasteiger partial charge on any atom is -0.496 e. The Morgan fingerprint density at radius 2 is 1.67 bits per heavy atom. The lowest BCUT2D eigenvalue weighted by atomic mass is 9.87. The maximum absolute atomic E-state index is 5.37. The average Bonchev–Trinajstić information content (AvgIpc) is 2.49. The van der Waals surface area contributed by atoms with Crippen LogP contribution in [-0.2, 0) is 0 Å². The van der Waals surface area contributed by atoms with E-state index in [1.807, 2.05) is 7.05 Å². The maximum atomic E-state index is 5.37. The van der Waals surface area contributed by atoms with Crippen molar-refractivity contribution in [1.82, 2.24) is 5.32 Å². The van der Waals surface area contributed by atoms with Crippen LogP contribution >= 0.6 is 0 Å². The van der Waals surface area contributed by atoms with Crippen LogP contribution in [0.15, 0.2) is 42.5 Å². The van der Waals surface area contributed by atoms with Crippen molar-refractivity contribution in [2.45, 2.75) is 26.2 Å². The van der Waals surface area contributed by atoms with Crippen LogP contribution < -0.4 is 10.1 Å². The second-order valence-electron chi connectivity index (χ2n) is 5.58. The van der Waals surface area contributed by atoms with Gasteiger partial charge >= 0.3 is 0 Å². The van der Waals surface area contributed by atoms with E-state index in [4.69, 9.17) is 4.74 Å². The van der Waals surface area contributed by atoms with Gasteiger partial charge in [0.1, 0.15) is 5.75 Å². The molecule has 1 atom stereocenters. The fourth-order valence-electron chi connectivity index (χ4n) is 2.73. The molecule has 0 bridgehead atoms. The summed E-state index contributed by atoms with van der Waals surface area (Å²) in [6.07, 6.45) is 1.09. The van der Waals surface area contributed by atoms with Gasteiger partial charge in [0.25, 0.3) is 0 Å². The van der Waals surface area contributed by atoms with Crippen LogP contribution in [0.3, 0.4) is 0 Å². The lowest BCUT2D eigenvalue weighted by molar-refractivity contribution is 0.411. The summed E-state index contributed by atoms with van der Waals surface area (Å²) in [4.78, 5) is 0. The summed E-state index contributed by atoms with van der Waals surface area (Å²) >= 11 is 0. The largest absolute Gasteiger partial charge is 0.496 e. The predicted octanol–water partition coefficient (Wildman–Crippen LogP) is 4.05. The zero-order chi connectivity index (χ0) is 15.2. The number of ether oxygens (including phenoxy) is 1. The van der Waals surface area contributed by atoms with Gasteiger partial charge in [0, 0.05) is 5.92 Å². The Kier molecular flexibility index (Phi) is 5.40. The van der Waals surface area contributed by atoms with Crippen LogP contribution in [-0.4, -0.2) is 20.7 Å².